The minimum Gasteiger partial charge on any atom is -0.467 e. The second-order valence-corrected chi connectivity index (χ2v) is 8.76. The molecule has 0 aliphatic rings. The molecule has 0 bridgehead atoms. The Labute approximate surface area is 175 Å². The van der Waals surface area contributed by atoms with Crippen LogP contribution in [0.3, 0.4) is 0 Å². The first kappa shape index (κ1) is 21.1. The van der Waals surface area contributed by atoms with Crippen LogP contribution in [-0.4, -0.2) is 31.7 Å². The van der Waals surface area contributed by atoms with Crippen LogP contribution in [0.15, 0.2) is 82.3 Å². The normalized spacial score (nSPS) is 11.5. The van der Waals surface area contributed by atoms with E-state index in [1.54, 1.807) is 12.1 Å². The van der Waals surface area contributed by atoms with Crippen molar-refractivity contribution in [2.45, 2.75) is 17.9 Å². The number of hydrogen-bond acceptors (Lipinski definition) is 4. The van der Waals surface area contributed by atoms with Gasteiger partial charge in [0.15, 0.2) is 0 Å². The van der Waals surface area contributed by atoms with Crippen molar-refractivity contribution in [1.82, 2.24) is 9.62 Å². The van der Waals surface area contributed by atoms with E-state index in [4.69, 9.17) is 16.0 Å². The number of carbonyl (C=O) groups excluding carboxylic acids is 1. The predicted molar refractivity (Wildman–Crippen MR) is 111 cm³/mol. The molecule has 0 atom stereocenters. The van der Waals surface area contributed by atoms with Gasteiger partial charge in [-0.2, -0.15) is 4.31 Å². The quantitative estimate of drug-likeness (QED) is 0.561. The van der Waals surface area contributed by atoms with Crippen molar-refractivity contribution in [2.24, 2.45) is 0 Å². The third-order valence-electron chi connectivity index (χ3n) is 4.30. The zero-order valence-corrected chi connectivity index (χ0v) is 17.2. The Morgan fingerprint density at radius 3 is 2.38 bits per heavy atom. The zero-order valence-electron chi connectivity index (χ0n) is 15.6. The smallest absolute Gasteiger partial charge is 0.243 e. The zero-order chi connectivity index (χ0) is 20.7. The lowest BCUT2D eigenvalue weighted by molar-refractivity contribution is -0.121. The van der Waals surface area contributed by atoms with Gasteiger partial charge in [-0.1, -0.05) is 41.9 Å². The summed E-state index contributed by atoms with van der Waals surface area (Å²) in [5, 5.41) is 3.13. The van der Waals surface area contributed by atoms with Crippen LogP contribution in [-0.2, 0) is 27.8 Å². The Hall–Kier alpha value is -2.61. The maximum Gasteiger partial charge on any atom is 0.243 e. The van der Waals surface area contributed by atoms with Crippen molar-refractivity contribution in [3.05, 3.63) is 89.3 Å². The second kappa shape index (κ2) is 9.73. The highest BCUT2D eigenvalue weighted by Gasteiger charge is 2.26. The lowest BCUT2D eigenvalue weighted by atomic mass is 10.1. The third-order valence-corrected chi connectivity index (χ3v) is 6.42. The summed E-state index contributed by atoms with van der Waals surface area (Å²) < 4.78 is 32.6. The van der Waals surface area contributed by atoms with Gasteiger partial charge in [0.05, 0.1) is 24.2 Å². The molecule has 8 heteroatoms. The largest absolute Gasteiger partial charge is 0.467 e. The molecule has 3 aromatic rings. The molecule has 1 aromatic heterocycles. The van der Waals surface area contributed by atoms with Crippen LogP contribution in [0, 0.1) is 0 Å². The Bertz CT molecular complexity index is 1020. The number of halogens is 1. The van der Waals surface area contributed by atoms with E-state index in [0.29, 0.717) is 17.2 Å². The van der Waals surface area contributed by atoms with E-state index in [1.807, 2.05) is 30.3 Å². The monoisotopic (exact) mass is 432 g/mol. The van der Waals surface area contributed by atoms with Crippen LogP contribution < -0.4 is 5.32 Å². The highest BCUT2D eigenvalue weighted by molar-refractivity contribution is 7.89. The number of sulfonamides is 1. The molecule has 0 spiro atoms. The molecule has 0 fully saturated rings. The topological polar surface area (TPSA) is 79.6 Å². The van der Waals surface area contributed by atoms with Gasteiger partial charge in [-0.05, 0) is 48.4 Å². The number of nitrogens with one attached hydrogen (secondary N) is 1. The van der Waals surface area contributed by atoms with Crippen molar-refractivity contribution >= 4 is 27.5 Å². The number of rotatable bonds is 9. The van der Waals surface area contributed by atoms with Gasteiger partial charge in [-0.3, -0.25) is 4.79 Å². The number of benzene rings is 2. The van der Waals surface area contributed by atoms with Gasteiger partial charge in [0.2, 0.25) is 15.9 Å². The summed E-state index contributed by atoms with van der Waals surface area (Å²) in [5.74, 6) is 0.182. The standard InChI is InChI=1S/C21H21ClN2O4S/c22-18-8-10-20(11-9-18)29(26,27)24(13-12-17-5-2-1-3-6-17)16-21(25)23-15-19-7-4-14-28-19/h1-11,14H,12-13,15-16H2,(H,23,25). The fourth-order valence-electron chi connectivity index (χ4n) is 2.75. The summed E-state index contributed by atoms with van der Waals surface area (Å²) in [6.07, 6.45) is 2.00. The average molecular weight is 433 g/mol. The van der Waals surface area contributed by atoms with Crippen molar-refractivity contribution < 1.29 is 17.6 Å². The maximum atomic E-state index is 13.1. The first-order chi connectivity index (χ1) is 13.9. The van der Waals surface area contributed by atoms with Crippen LogP contribution in [0.25, 0.3) is 0 Å². The number of carbonyl (C=O) groups is 1. The summed E-state index contributed by atoms with van der Waals surface area (Å²) in [6, 6.07) is 18.9. The molecule has 0 radical (unpaired) electrons. The van der Waals surface area contributed by atoms with Crippen molar-refractivity contribution in [3.8, 4) is 0 Å². The minimum atomic E-state index is -3.86. The molecule has 1 heterocycles. The van der Waals surface area contributed by atoms with Crippen molar-refractivity contribution in [3.63, 3.8) is 0 Å². The summed E-state index contributed by atoms with van der Waals surface area (Å²) in [5.41, 5.74) is 0.986. The molecule has 6 nitrogen and oxygen atoms in total. The lowest BCUT2D eigenvalue weighted by Gasteiger charge is -2.22. The fourth-order valence-corrected chi connectivity index (χ4v) is 4.28. The van der Waals surface area contributed by atoms with Gasteiger partial charge in [0.25, 0.3) is 0 Å². The fraction of sp³-hybridized carbons (Fsp3) is 0.190. The number of furan rings is 1. The van der Waals surface area contributed by atoms with Crippen LogP contribution in [0.4, 0.5) is 0 Å². The van der Waals surface area contributed by atoms with Gasteiger partial charge in [-0.15, -0.1) is 0 Å². The maximum absolute atomic E-state index is 13.1. The first-order valence-corrected chi connectivity index (χ1v) is 10.9. The molecule has 0 saturated carbocycles. The molecular formula is C21H21ClN2O4S. The minimum absolute atomic E-state index is 0.0915. The second-order valence-electron chi connectivity index (χ2n) is 6.38. The highest BCUT2D eigenvalue weighted by atomic mass is 35.5. The van der Waals surface area contributed by atoms with E-state index in [9.17, 15) is 13.2 Å². The van der Waals surface area contributed by atoms with Crippen molar-refractivity contribution in [1.29, 1.82) is 0 Å². The molecule has 0 aliphatic carbocycles. The summed E-state index contributed by atoms with van der Waals surface area (Å²) in [6.45, 7) is 0.0704. The van der Waals surface area contributed by atoms with Gasteiger partial charge in [0, 0.05) is 11.6 Å². The Kier molecular flexibility index (Phi) is 7.09. The molecular weight excluding hydrogens is 412 g/mol. The highest BCUT2D eigenvalue weighted by Crippen LogP contribution is 2.19. The third kappa shape index (κ3) is 5.93. The van der Waals surface area contributed by atoms with Gasteiger partial charge >= 0.3 is 0 Å². The SMILES string of the molecule is O=C(CN(CCc1ccccc1)S(=O)(=O)c1ccc(Cl)cc1)NCc1ccco1. The Morgan fingerprint density at radius 1 is 1.00 bits per heavy atom. The van der Waals surface area contributed by atoms with Gasteiger partial charge in [0.1, 0.15) is 5.76 Å². The van der Waals surface area contributed by atoms with Crippen LogP contribution in [0.5, 0.6) is 0 Å². The van der Waals surface area contributed by atoms with Crippen LogP contribution in [0.2, 0.25) is 5.02 Å². The van der Waals surface area contributed by atoms with E-state index in [2.05, 4.69) is 5.32 Å². The van der Waals surface area contributed by atoms with E-state index < -0.39 is 15.9 Å². The lowest BCUT2D eigenvalue weighted by Crippen LogP contribution is -2.41. The number of nitrogens with zero attached hydrogens (tertiary/aromatic N) is 1. The number of amides is 1. The number of hydrogen-bond donors (Lipinski definition) is 1. The van der Waals surface area contributed by atoms with E-state index in [0.717, 1.165) is 5.56 Å². The van der Waals surface area contributed by atoms with Gasteiger partial charge < -0.3 is 9.73 Å². The van der Waals surface area contributed by atoms with Gasteiger partial charge in [-0.25, -0.2) is 8.42 Å². The Balaban J connectivity index is 1.74. The molecule has 1 amide bonds. The molecule has 0 aliphatic heterocycles. The molecule has 0 unspecified atom stereocenters. The summed E-state index contributed by atoms with van der Waals surface area (Å²) >= 11 is 5.88. The van der Waals surface area contributed by atoms with Crippen LogP contribution >= 0.6 is 11.6 Å². The molecule has 3 rings (SSSR count). The Morgan fingerprint density at radius 2 is 1.72 bits per heavy atom. The first-order valence-electron chi connectivity index (χ1n) is 9.04. The van der Waals surface area contributed by atoms with E-state index >= 15 is 0 Å². The molecule has 2 aromatic carbocycles. The summed E-state index contributed by atoms with van der Waals surface area (Å²) in [7, 11) is -3.86. The molecule has 29 heavy (non-hydrogen) atoms. The molecule has 1 N–H and O–H groups in total. The predicted octanol–water partition coefficient (Wildman–Crippen LogP) is 3.48. The molecule has 0 saturated heterocycles. The van der Waals surface area contributed by atoms with E-state index in [1.165, 1.54) is 34.8 Å². The summed E-state index contributed by atoms with van der Waals surface area (Å²) in [4.78, 5) is 12.5. The van der Waals surface area contributed by atoms with Crippen LogP contribution in [0.1, 0.15) is 11.3 Å². The average Bonchev–Trinajstić information content (AvgIpc) is 3.24. The molecule has 152 valence electrons. The van der Waals surface area contributed by atoms with Crippen molar-refractivity contribution in [2.75, 3.05) is 13.1 Å². The van der Waals surface area contributed by atoms with E-state index in [-0.39, 0.29) is 24.5 Å².